The van der Waals surface area contributed by atoms with E-state index in [0.717, 1.165) is 0 Å². The van der Waals surface area contributed by atoms with Gasteiger partial charge in [0.2, 0.25) is 53.2 Å². The zero-order valence-corrected chi connectivity index (χ0v) is 44.8. The number of aromatic amines is 1. The number of aromatic nitrogens is 2. The summed E-state index contributed by atoms with van der Waals surface area (Å²) >= 11 is 0. The Bertz CT molecular complexity index is 2470. The highest BCUT2D eigenvalue weighted by Crippen LogP contribution is 2.21. The van der Waals surface area contributed by atoms with Crippen molar-refractivity contribution >= 4 is 71.1 Å². The standard InChI is InChI=1S/C49H76N16O15/c1-25(2)39(46(77)62-32(18-27-11-13-29(67)14-12-27)41(72)63-35(23-66)44(75)59-30(9-6-16-55-49(52)53)40(71)57-26(3)48(79)80)64-43(74)33(19-28-22-54-24-56-28)60-42(73)34(20-38(69)70)61-45(76)36-10-7-17-65(36)47(78)31(8-4-5-15-50)58-37(68)21-51/h11-14,22,24-26,30-36,39,66-67H,4-10,15-21,23,50-51H2,1-3H3,(H,54,56)(H,57,71)(H,58,68)(H,59,75)(H,60,73)(H,61,76)(H,62,77)(H,63,72)(H,64,74)(H,69,70)(H,79,80)(H4,52,53,55)/t26-,30-,31-,32-,33-,34-,35-,36-,39-/m0/s1. The number of aliphatic carboxylic acids is 2. The average Bonchev–Trinajstić information content (AvgIpc) is 4.13. The Balaban J connectivity index is 1.89. The zero-order valence-electron chi connectivity index (χ0n) is 44.8. The minimum absolute atomic E-state index is 0.0173. The van der Waals surface area contributed by atoms with Gasteiger partial charge in [-0.25, -0.2) is 4.98 Å². The number of phenols is 1. The lowest BCUT2D eigenvalue weighted by Gasteiger charge is -2.30. The highest BCUT2D eigenvalue weighted by Gasteiger charge is 2.40. The maximum atomic E-state index is 14.3. The van der Waals surface area contributed by atoms with Crippen molar-refractivity contribution in [2.75, 3.05) is 32.8 Å². The third-order valence-corrected chi connectivity index (χ3v) is 12.6. The summed E-state index contributed by atoms with van der Waals surface area (Å²) in [4.78, 5) is 159. The van der Waals surface area contributed by atoms with Crippen molar-refractivity contribution in [1.82, 2.24) is 57.4 Å². The van der Waals surface area contributed by atoms with Crippen LogP contribution in [0.2, 0.25) is 0 Å². The van der Waals surface area contributed by atoms with Gasteiger partial charge in [0.1, 0.15) is 60.1 Å². The number of guanidine groups is 1. The number of aliphatic hydroxyl groups excluding tert-OH is 1. The highest BCUT2D eigenvalue weighted by molar-refractivity contribution is 5.99. The van der Waals surface area contributed by atoms with Crippen molar-refractivity contribution in [2.24, 2.45) is 33.8 Å². The SMILES string of the molecule is CC(C)[C@H](NC(=O)[C@H](Cc1cnc[nH]1)NC(=O)[C@H](CC(=O)O)NC(=O)[C@@H]1CCCN1C(=O)[C@H](CCCCN)NC(=O)CN)C(=O)N[C@@H](Cc1ccc(O)cc1)C(=O)N[C@@H](CO)C(=O)N[C@@H](CCCN=C(N)N)C(=O)N[C@@H](C)C(=O)O. The van der Waals surface area contributed by atoms with Crippen LogP contribution in [0.4, 0.5) is 0 Å². The van der Waals surface area contributed by atoms with Gasteiger partial charge in [0.05, 0.1) is 25.9 Å². The van der Waals surface area contributed by atoms with Gasteiger partial charge in [-0.05, 0) is 82.0 Å². The number of nitrogens with zero attached hydrogens (tertiary/aromatic N) is 3. The molecule has 1 saturated heterocycles. The molecule has 80 heavy (non-hydrogen) atoms. The van der Waals surface area contributed by atoms with Gasteiger partial charge in [-0.3, -0.25) is 57.7 Å². The predicted octanol–water partition coefficient (Wildman–Crippen LogP) is -5.86. The minimum atomic E-state index is -1.82. The van der Waals surface area contributed by atoms with Gasteiger partial charge in [0.15, 0.2) is 5.96 Å². The number of hydrogen-bond acceptors (Lipinski definition) is 17. The average molecular weight is 1130 g/mol. The second kappa shape index (κ2) is 33.1. The first-order valence-electron chi connectivity index (χ1n) is 25.9. The summed E-state index contributed by atoms with van der Waals surface area (Å²) in [5, 5.41) is 59.0. The van der Waals surface area contributed by atoms with E-state index >= 15 is 0 Å². The normalized spacial score (nSPS) is 15.9. The maximum absolute atomic E-state index is 14.3. The van der Waals surface area contributed by atoms with E-state index in [1.807, 2.05) is 0 Å². The largest absolute Gasteiger partial charge is 0.508 e. The Kier molecular flexibility index (Phi) is 27.2. The highest BCUT2D eigenvalue weighted by atomic mass is 16.4. The van der Waals surface area contributed by atoms with Crippen molar-refractivity contribution < 1.29 is 73.2 Å². The molecule has 442 valence electrons. The summed E-state index contributed by atoms with van der Waals surface area (Å²) in [6, 6.07) is -7.81. The van der Waals surface area contributed by atoms with Crippen LogP contribution < -0.4 is 65.5 Å². The van der Waals surface area contributed by atoms with E-state index in [1.54, 1.807) is 13.8 Å². The number of aliphatic imine (C=N–C) groups is 1. The molecule has 1 aliphatic heterocycles. The van der Waals surface area contributed by atoms with Gasteiger partial charge in [0.25, 0.3) is 0 Å². The zero-order chi connectivity index (χ0) is 59.6. The Morgan fingerprint density at radius 3 is 1.89 bits per heavy atom. The van der Waals surface area contributed by atoms with Crippen LogP contribution in [0.5, 0.6) is 5.75 Å². The van der Waals surface area contributed by atoms with Gasteiger partial charge >= 0.3 is 11.9 Å². The number of carboxylic acid groups (broad SMARTS) is 2. The van der Waals surface area contributed by atoms with Crippen molar-refractivity contribution in [3.8, 4) is 5.75 Å². The number of amides is 9. The van der Waals surface area contributed by atoms with Crippen LogP contribution >= 0.6 is 0 Å². The molecule has 0 spiro atoms. The molecule has 0 aliphatic carbocycles. The Hall–Kier alpha value is -8.45. The number of carboxylic acids is 2. The smallest absolute Gasteiger partial charge is 0.325 e. The molecule has 31 nitrogen and oxygen atoms in total. The molecular formula is C49H76N16O15. The van der Waals surface area contributed by atoms with Crippen LogP contribution in [0.3, 0.4) is 0 Å². The molecule has 1 fully saturated rings. The lowest BCUT2D eigenvalue weighted by molar-refractivity contribution is -0.144. The summed E-state index contributed by atoms with van der Waals surface area (Å²) in [6.45, 7) is 3.27. The first-order chi connectivity index (χ1) is 37.9. The van der Waals surface area contributed by atoms with E-state index in [2.05, 4.69) is 57.5 Å². The van der Waals surface area contributed by atoms with E-state index in [9.17, 15) is 73.2 Å². The first-order valence-corrected chi connectivity index (χ1v) is 25.9. The molecule has 21 N–H and O–H groups in total. The van der Waals surface area contributed by atoms with Gasteiger partial charge in [0, 0.05) is 37.8 Å². The van der Waals surface area contributed by atoms with E-state index in [4.69, 9.17) is 22.9 Å². The van der Waals surface area contributed by atoms with Gasteiger partial charge in [-0.2, -0.15) is 0 Å². The molecule has 3 rings (SSSR count). The fourth-order valence-corrected chi connectivity index (χ4v) is 8.27. The quantitative estimate of drug-likeness (QED) is 0.0176. The van der Waals surface area contributed by atoms with Crippen LogP contribution in [0.15, 0.2) is 41.8 Å². The summed E-state index contributed by atoms with van der Waals surface area (Å²) in [5.74, 6) is -12.3. The maximum Gasteiger partial charge on any atom is 0.325 e. The topological polar surface area (TPSA) is 513 Å². The number of aliphatic hydroxyl groups is 1. The summed E-state index contributed by atoms with van der Waals surface area (Å²) in [6.07, 6.45) is 2.66. The molecular weight excluding hydrogens is 1050 g/mol. The molecule has 2 aromatic rings. The van der Waals surface area contributed by atoms with Crippen LogP contribution in [0, 0.1) is 5.92 Å². The molecule has 0 saturated carbocycles. The lowest BCUT2D eigenvalue weighted by atomic mass is 9.99. The number of nitrogens with one attached hydrogen (secondary N) is 9. The number of unbranched alkanes of at least 4 members (excludes halogenated alkanes) is 1. The molecule has 0 radical (unpaired) electrons. The number of H-pyrrole nitrogens is 1. The Morgan fingerprint density at radius 2 is 1.30 bits per heavy atom. The molecule has 9 amide bonds. The van der Waals surface area contributed by atoms with Crippen LogP contribution in [-0.4, -0.2) is 194 Å². The number of aromatic hydroxyl groups is 1. The third kappa shape index (κ3) is 21.8. The first kappa shape index (κ1) is 65.8. The molecule has 1 aliphatic rings. The van der Waals surface area contributed by atoms with Crippen molar-refractivity contribution in [1.29, 1.82) is 0 Å². The molecule has 0 unspecified atom stereocenters. The molecule has 31 heteroatoms. The number of carbonyl (C=O) groups is 11. The van der Waals surface area contributed by atoms with Crippen LogP contribution in [0.1, 0.15) is 83.4 Å². The number of phenolic OH excluding ortho intramolecular Hbond substituents is 1. The fraction of sp³-hybridized carbons (Fsp3) is 0.571. The van der Waals surface area contributed by atoms with Crippen molar-refractivity contribution in [3.05, 3.63) is 48.0 Å². The van der Waals surface area contributed by atoms with Gasteiger partial charge in [-0.15, -0.1) is 0 Å². The number of nitrogens with two attached hydrogens (primary N) is 4. The number of benzene rings is 1. The Labute approximate surface area is 460 Å². The van der Waals surface area contributed by atoms with Crippen molar-refractivity contribution in [2.45, 2.75) is 139 Å². The summed E-state index contributed by atoms with van der Waals surface area (Å²) < 4.78 is 0. The van der Waals surface area contributed by atoms with E-state index < -0.39 is 145 Å². The van der Waals surface area contributed by atoms with Crippen LogP contribution in [0.25, 0.3) is 0 Å². The predicted molar refractivity (Wildman–Crippen MR) is 284 cm³/mol. The van der Waals surface area contributed by atoms with E-state index in [0.29, 0.717) is 37.1 Å². The second-order valence-electron chi connectivity index (χ2n) is 19.3. The molecule has 1 aromatic heterocycles. The van der Waals surface area contributed by atoms with E-state index in [-0.39, 0.29) is 63.3 Å². The summed E-state index contributed by atoms with van der Waals surface area (Å²) in [7, 11) is 0. The Morgan fingerprint density at radius 1 is 0.713 bits per heavy atom. The third-order valence-electron chi connectivity index (χ3n) is 12.6. The fourth-order valence-electron chi connectivity index (χ4n) is 8.27. The lowest BCUT2D eigenvalue weighted by Crippen LogP contribution is -2.62. The van der Waals surface area contributed by atoms with Gasteiger partial charge in [-0.1, -0.05) is 26.0 Å². The monoisotopic (exact) mass is 1130 g/mol. The van der Waals surface area contributed by atoms with E-state index in [1.165, 1.54) is 48.6 Å². The molecule has 1 aromatic carbocycles. The molecule has 0 bridgehead atoms. The summed E-state index contributed by atoms with van der Waals surface area (Å²) in [5.41, 5.74) is 22.5. The number of imidazole rings is 1. The molecule has 2 heterocycles. The second-order valence-corrected chi connectivity index (χ2v) is 19.3. The van der Waals surface area contributed by atoms with Gasteiger partial charge < -0.3 is 95.8 Å². The number of carbonyl (C=O) groups excluding carboxylic acids is 9. The van der Waals surface area contributed by atoms with Crippen LogP contribution in [-0.2, 0) is 65.6 Å². The minimum Gasteiger partial charge on any atom is -0.508 e. The molecule has 9 atom stereocenters. The number of rotatable bonds is 34. The number of hydrogen-bond donors (Lipinski definition) is 17. The number of likely N-dealkylation sites (tertiary alicyclic amines) is 1. The van der Waals surface area contributed by atoms with Crippen molar-refractivity contribution in [3.63, 3.8) is 0 Å².